The molecule has 0 aliphatic rings. The maximum absolute atomic E-state index is 8.91. The van der Waals surface area contributed by atoms with Crippen molar-refractivity contribution in [1.82, 2.24) is 0 Å². The molecule has 0 fully saturated rings. The highest BCUT2D eigenvalue weighted by Gasteiger charge is 2.09. The molecule has 0 saturated carbocycles. The fourth-order valence-electron chi connectivity index (χ4n) is 1.43. The van der Waals surface area contributed by atoms with Crippen molar-refractivity contribution in [3.63, 3.8) is 0 Å². The first-order chi connectivity index (χ1) is 7.19. The first kappa shape index (κ1) is 11.7. The molecular weight excluding hydrogens is 186 g/mol. The van der Waals surface area contributed by atoms with Gasteiger partial charge in [0.05, 0.1) is 6.07 Å². The number of nitriles is 1. The van der Waals surface area contributed by atoms with Crippen LogP contribution in [0.15, 0.2) is 24.3 Å². The van der Waals surface area contributed by atoms with Gasteiger partial charge in [0.15, 0.2) is 6.10 Å². The fraction of sp³-hybridized carbons (Fsp3) is 0.462. The van der Waals surface area contributed by atoms with E-state index >= 15 is 0 Å². The van der Waals surface area contributed by atoms with Crippen LogP contribution < -0.4 is 0 Å². The molecule has 0 heterocycles. The highest BCUT2D eigenvalue weighted by molar-refractivity contribution is 5.28. The average Bonchev–Trinajstić information content (AvgIpc) is 2.26. The van der Waals surface area contributed by atoms with E-state index in [-0.39, 0.29) is 0 Å². The normalized spacial score (nSPS) is 12.5. The van der Waals surface area contributed by atoms with E-state index in [2.05, 4.69) is 32.0 Å². The third-order valence-electron chi connectivity index (χ3n) is 2.36. The summed E-state index contributed by atoms with van der Waals surface area (Å²) in [5.74, 6) is 0.520. The second-order valence-corrected chi connectivity index (χ2v) is 3.79. The Hall–Kier alpha value is -1.33. The van der Waals surface area contributed by atoms with Gasteiger partial charge in [0.2, 0.25) is 0 Å². The van der Waals surface area contributed by atoms with Crippen molar-refractivity contribution in [1.29, 1.82) is 5.26 Å². The van der Waals surface area contributed by atoms with Crippen LogP contribution in [0.5, 0.6) is 0 Å². The molecule has 15 heavy (non-hydrogen) atoms. The second kappa shape index (κ2) is 5.53. The molecule has 0 spiro atoms. The van der Waals surface area contributed by atoms with Crippen LogP contribution in [0.25, 0.3) is 0 Å². The Bertz CT molecular complexity index is 335. The van der Waals surface area contributed by atoms with E-state index in [1.807, 2.05) is 19.1 Å². The Morgan fingerprint density at radius 3 is 2.13 bits per heavy atom. The van der Waals surface area contributed by atoms with Gasteiger partial charge in [-0.15, -0.1) is 0 Å². The summed E-state index contributed by atoms with van der Waals surface area (Å²) in [6.45, 7) is 6.76. The molecule has 0 aromatic heterocycles. The molecule has 80 valence electrons. The zero-order valence-corrected chi connectivity index (χ0v) is 9.53. The second-order valence-electron chi connectivity index (χ2n) is 3.79. The van der Waals surface area contributed by atoms with Crippen LogP contribution in [0.2, 0.25) is 0 Å². The minimum atomic E-state index is -0.434. The summed E-state index contributed by atoms with van der Waals surface area (Å²) in [6, 6.07) is 10.2. The molecule has 0 unspecified atom stereocenters. The Morgan fingerprint density at radius 2 is 1.73 bits per heavy atom. The van der Waals surface area contributed by atoms with Crippen molar-refractivity contribution >= 4 is 0 Å². The van der Waals surface area contributed by atoms with Gasteiger partial charge in [-0.25, -0.2) is 0 Å². The van der Waals surface area contributed by atoms with Crippen molar-refractivity contribution < 1.29 is 4.74 Å². The molecule has 1 rings (SSSR count). The van der Waals surface area contributed by atoms with Gasteiger partial charge in [0.25, 0.3) is 0 Å². The number of nitrogens with zero attached hydrogens (tertiary/aromatic N) is 1. The average molecular weight is 203 g/mol. The lowest BCUT2D eigenvalue weighted by Crippen LogP contribution is -2.01. The number of hydrogen-bond donors (Lipinski definition) is 0. The lowest BCUT2D eigenvalue weighted by Gasteiger charge is -2.11. The van der Waals surface area contributed by atoms with Gasteiger partial charge < -0.3 is 4.74 Å². The van der Waals surface area contributed by atoms with Crippen LogP contribution in [0.4, 0.5) is 0 Å². The van der Waals surface area contributed by atoms with E-state index in [0.717, 1.165) is 5.56 Å². The van der Waals surface area contributed by atoms with E-state index in [1.54, 1.807) is 0 Å². The fourth-order valence-corrected chi connectivity index (χ4v) is 1.43. The molecule has 1 atom stereocenters. The minimum Gasteiger partial charge on any atom is -0.359 e. The topological polar surface area (TPSA) is 33.0 Å². The number of benzene rings is 1. The van der Waals surface area contributed by atoms with Crippen molar-refractivity contribution in [2.75, 3.05) is 6.61 Å². The lowest BCUT2D eigenvalue weighted by atomic mass is 10.0. The Balaban J connectivity index is 2.83. The predicted molar refractivity (Wildman–Crippen MR) is 60.5 cm³/mol. The van der Waals surface area contributed by atoms with Gasteiger partial charge in [-0.2, -0.15) is 5.26 Å². The number of ether oxygens (including phenoxy) is 1. The van der Waals surface area contributed by atoms with Crippen LogP contribution in [0.1, 0.15) is 43.9 Å². The van der Waals surface area contributed by atoms with Crippen LogP contribution >= 0.6 is 0 Å². The molecule has 0 saturated heterocycles. The summed E-state index contributed by atoms with van der Waals surface area (Å²) in [5.41, 5.74) is 2.22. The van der Waals surface area contributed by atoms with Gasteiger partial charge in [0, 0.05) is 6.61 Å². The molecule has 0 aliphatic heterocycles. The summed E-state index contributed by atoms with van der Waals surface area (Å²) in [4.78, 5) is 0. The van der Waals surface area contributed by atoms with E-state index in [1.165, 1.54) is 5.56 Å². The lowest BCUT2D eigenvalue weighted by molar-refractivity contribution is 0.102. The molecule has 0 bridgehead atoms. The minimum absolute atomic E-state index is 0.434. The van der Waals surface area contributed by atoms with E-state index < -0.39 is 6.10 Å². The van der Waals surface area contributed by atoms with E-state index in [9.17, 15) is 0 Å². The summed E-state index contributed by atoms with van der Waals surface area (Å²) >= 11 is 0. The third kappa shape index (κ3) is 3.07. The van der Waals surface area contributed by atoms with Crippen LogP contribution in [0.3, 0.4) is 0 Å². The molecule has 1 aromatic carbocycles. The monoisotopic (exact) mass is 203 g/mol. The Morgan fingerprint density at radius 1 is 1.20 bits per heavy atom. The summed E-state index contributed by atoms with van der Waals surface area (Å²) in [5, 5.41) is 8.91. The first-order valence-electron chi connectivity index (χ1n) is 5.30. The highest BCUT2D eigenvalue weighted by Crippen LogP contribution is 2.20. The van der Waals surface area contributed by atoms with Crippen molar-refractivity contribution in [2.24, 2.45) is 0 Å². The molecular formula is C13H17NO. The number of hydrogen-bond acceptors (Lipinski definition) is 2. The van der Waals surface area contributed by atoms with Crippen LogP contribution in [-0.2, 0) is 4.74 Å². The largest absolute Gasteiger partial charge is 0.359 e. The van der Waals surface area contributed by atoms with Crippen molar-refractivity contribution in [3.05, 3.63) is 35.4 Å². The molecule has 0 aliphatic carbocycles. The zero-order chi connectivity index (χ0) is 11.3. The first-order valence-corrected chi connectivity index (χ1v) is 5.30. The molecule has 0 N–H and O–H groups in total. The molecule has 2 heteroatoms. The van der Waals surface area contributed by atoms with Gasteiger partial charge in [-0.1, -0.05) is 38.1 Å². The van der Waals surface area contributed by atoms with Gasteiger partial charge in [-0.3, -0.25) is 0 Å². The summed E-state index contributed by atoms with van der Waals surface area (Å²) < 4.78 is 5.32. The zero-order valence-electron chi connectivity index (χ0n) is 9.53. The SMILES string of the molecule is CCO[C@H](C#N)c1ccc(C(C)C)cc1. The maximum Gasteiger partial charge on any atom is 0.169 e. The summed E-state index contributed by atoms with van der Waals surface area (Å²) in [6.07, 6.45) is -0.434. The maximum atomic E-state index is 8.91. The van der Waals surface area contributed by atoms with Gasteiger partial charge >= 0.3 is 0 Å². The van der Waals surface area contributed by atoms with E-state index in [4.69, 9.17) is 10.00 Å². The van der Waals surface area contributed by atoms with Gasteiger partial charge in [0.1, 0.15) is 0 Å². The quantitative estimate of drug-likeness (QED) is 0.751. The highest BCUT2D eigenvalue weighted by atomic mass is 16.5. The molecule has 0 radical (unpaired) electrons. The smallest absolute Gasteiger partial charge is 0.169 e. The third-order valence-corrected chi connectivity index (χ3v) is 2.36. The molecule has 0 amide bonds. The van der Waals surface area contributed by atoms with Crippen LogP contribution in [-0.4, -0.2) is 6.61 Å². The van der Waals surface area contributed by atoms with Crippen molar-refractivity contribution in [2.45, 2.75) is 32.8 Å². The number of rotatable bonds is 4. The molecule has 2 nitrogen and oxygen atoms in total. The van der Waals surface area contributed by atoms with E-state index in [0.29, 0.717) is 12.5 Å². The van der Waals surface area contributed by atoms with Gasteiger partial charge in [-0.05, 0) is 24.0 Å². The Kier molecular flexibility index (Phi) is 4.33. The standard InChI is InChI=1S/C13H17NO/c1-4-15-13(9-14)12-7-5-11(6-8-12)10(2)3/h5-8,10,13H,4H2,1-3H3/t13-/m1/s1. The molecule has 1 aromatic rings. The Labute approximate surface area is 91.5 Å². The summed E-state index contributed by atoms with van der Waals surface area (Å²) in [7, 11) is 0. The predicted octanol–water partition coefficient (Wildman–Crippen LogP) is 3.41. The van der Waals surface area contributed by atoms with Crippen LogP contribution in [0, 0.1) is 11.3 Å². The van der Waals surface area contributed by atoms with Crippen molar-refractivity contribution in [3.8, 4) is 6.07 Å².